The molecule has 15 heavy (non-hydrogen) atoms. The molecule has 5 heteroatoms. The Morgan fingerprint density at radius 3 is 2.60 bits per heavy atom. The Labute approximate surface area is 91.4 Å². The van der Waals surface area contributed by atoms with Gasteiger partial charge in [-0.25, -0.2) is 8.78 Å². The van der Waals surface area contributed by atoms with Crippen LogP contribution in [0.25, 0.3) is 0 Å². The van der Waals surface area contributed by atoms with E-state index < -0.39 is 17.3 Å². The lowest BCUT2D eigenvalue weighted by Gasteiger charge is -2.40. The fourth-order valence-electron chi connectivity index (χ4n) is 2.12. The van der Waals surface area contributed by atoms with Crippen LogP contribution >= 0.6 is 11.8 Å². The Hall–Kier alpha value is -0.320. The van der Waals surface area contributed by atoms with Crippen LogP contribution in [0, 0.1) is 11.3 Å². The lowest BCUT2D eigenvalue weighted by atomic mass is 9.76. The van der Waals surface area contributed by atoms with Gasteiger partial charge in [0.15, 0.2) is 0 Å². The molecule has 0 radical (unpaired) electrons. The average molecular weight is 236 g/mol. The number of carboxylic acids is 1. The molecule has 2 aliphatic rings. The summed E-state index contributed by atoms with van der Waals surface area (Å²) in [6, 6.07) is 0. The molecular formula is C10H14F2O2S. The number of hydrogen-bond acceptors (Lipinski definition) is 2. The summed E-state index contributed by atoms with van der Waals surface area (Å²) in [6.45, 7) is 0. The number of halogens is 2. The van der Waals surface area contributed by atoms with Crippen LogP contribution in [-0.4, -0.2) is 28.5 Å². The Balaban J connectivity index is 2.24. The summed E-state index contributed by atoms with van der Waals surface area (Å²) in [6.07, 6.45) is 1.69. The van der Waals surface area contributed by atoms with Crippen molar-refractivity contribution in [1.29, 1.82) is 0 Å². The molecule has 86 valence electrons. The summed E-state index contributed by atoms with van der Waals surface area (Å²) in [4.78, 5) is 11.2. The van der Waals surface area contributed by atoms with Crippen molar-refractivity contribution in [2.75, 3.05) is 11.5 Å². The van der Waals surface area contributed by atoms with Gasteiger partial charge in [-0.05, 0) is 18.1 Å². The van der Waals surface area contributed by atoms with Crippen molar-refractivity contribution in [3.63, 3.8) is 0 Å². The molecule has 1 unspecified atom stereocenters. The lowest BCUT2D eigenvalue weighted by molar-refractivity contribution is -0.179. The third-order valence-electron chi connectivity index (χ3n) is 3.35. The van der Waals surface area contributed by atoms with Gasteiger partial charge in [-0.1, -0.05) is 12.8 Å². The minimum absolute atomic E-state index is 0.0613. The summed E-state index contributed by atoms with van der Waals surface area (Å²) in [7, 11) is 0. The van der Waals surface area contributed by atoms with E-state index in [2.05, 4.69) is 0 Å². The van der Waals surface area contributed by atoms with Gasteiger partial charge in [0, 0.05) is 12.2 Å². The maximum absolute atomic E-state index is 13.8. The van der Waals surface area contributed by atoms with E-state index in [9.17, 15) is 13.6 Å². The highest BCUT2D eigenvalue weighted by atomic mass is 32.2. The van der Waals surface area contributed by atoms with E-state index in [4.69, 9.17) is 5.11 Å². The Kier molecular flexibility index (Phi) is 2.69. The molecule has 2 nitrogen and oxygen atoms in total. The van der Waals surface area contributed by atoms with E-state index in [1.54, 1.807) is 0 Å². The molecule has 1 N–H and O–H groups in total. The van der Waals surface area contributed by atoms with Crippen LogP contribution < -0.4 is 0 Å². The maximum atomic E-state index is 13.8. The highest BCUT2D eigenvalue weighted by molar-refractivity contribution is 7.99. The smallest absolute Gasteiger partial charge is 0.316 e. The minimum Gasteiger partial charge on any atom is -0.481 e. The van der Waals surface area contributed by atoms with Crippen molar-refractivity contribution in [3.05, 3.63) is 0 Å². The Morgan fingerprint density at radius 1 is 1.47 bits per heavy atom. The Bertz CT molecular complexity index is 279. The van der Waals surface area contributed by atoms with Crippen LogP contribution in [-0.2, 0) is 4.79 Å². The largest absolute Gasteiger partial charge is 0.481 e. The topological polar surface area (TPSA) is 37.3 Å². The molecule has 0 aromatic rings. The van der Waals surface area contributed by atoms with Crippen LogP contribution in [0.5, 0.6) is 0 Å². The predicted octanol–water partition coefficient (Wildman–Crippen LogP) is 2.63. The number of rotatable bonds is 3. The zero-order valence-electron chi connectivity index (χ0n) is 8.34. The van der Waals surface area contributed by atoms with Gasteiger partial charge in [0.05, 0.1) is 0 Å². The van der Waals surface area contributed by atoms with Gasteiger partial charge in [-0.3, -0.25) is 4.79 Å². The van der Waals surface area contributed by atoms with Crippen LogP contribution in [0.15, 0.2) is 0 Å². The minimum atomic E-state index is -3.04. The normalized spacial score (nSPS) is 35.1. The second kappa shape index (κ2) is 3.61. The molecule has 2 fully saturated rings. The van der Waals surface area contributed by atoms with Crippen LogP contribution in [0.1, 0.15) is 25.7 Å². The van der Waals surface area contributed by atoms with E-state index in [-0.39, 0.29) is 24.5 Å². The number of carboxylic acid groups (broad SMARTS) is 1. The number of alkyl halides is 2. The molecule has 1 heterocycles. The zero-order valence-corrected chi connectivity index (χ0v) is 9.16. The highest BCUT2D eigenvalue weighted by Gasteiger charge is 2.61. The first kappa shape index (κ1) is 11.2. The fourth-order valence-corrected chi connectivity index (χ4v) is 3.47. The first-order valence-corrected chi connectivity index (χ1v) is 6.32. The molecule has 1 aliphatic carbocycles. The molecular weight excluding hydrogens is 222 g/mol. The van der Waals surface area contributed by atoms with E-state index >= 15 is 0 Å². The standard InChI is InChI=1S/C10H14F2O2S/c11-10(12)3-4-15-6-9(10,8(13)14)5-7-1-2-7/h7H,1-6H2,(H,13,14). The highest BCUT2D eigenvalue weighted by Crippen LogP contribution is 2.53. The van der Waals surface area contributed by atoms with Crippen LogP contribution in [0.2, 0.25) is 0 Å². The monoisotopic (exact) mass is 236 g/mol. The van der Waals surface area contributed by atoms with E-state index in [1.807, 2.05) is 0 Å². The quantitative estimate of drug-likeness (QED) is 0.818. The number of carbonyl (C=O) groups is 1. The zero-order chi connectivity index (χ0) is 11.1. The molecule has 1 aliphatic heterocycles. The van der Waals surface area contributed by atoms with Gasteiger partial charge in [-0.15, -0.1) is 0 Å². The molecule has 1 saturated carbocycles. The molecule has 0 spiro atoms. The SMILES string of the molecule is O=C(O)C1(CC2CC2)CSCCC1(F)F. The van der Waals surface area contributed by atoms with Crippen molar-refractivity contribution in [2.45, 2.75) is 31.6 Å². The van der Waals surface area contributed by atoms with Gasteiger partial charge in [-0.2, -0.15) is 11.8 Å². The van der Waals surface area contributed by atoms with Crippen molar-refractivity contribution < 1.29 is 18.7 Å². The van der Waals surface area contributed by atoms with Crippen molar-refractivity contribution in [2.24, 2.45) is 11.3 Å². The molecule has 0 amide bonds. The number of aliphatic carboxylic acids is 1. The molecule has 2 rings (SSSR count). The van der Waals surface area contributed by atoms with Gasteiger partial charge < -0.3 is 5.11 Å². The summed E-state index contributed by atoms with van der Waals surface area (Å²) < 4.78 is 27.5. The number of thioether (sulfide) groups is 1. The summed E-state index contributed by atoms with van der Waals surface area (Å²) in [5, 5.41) is 9.11. The molecule has 0 aromatic heterocycles. The Morgan fingerprint density at radius 2 is 2.13 bits per heavy atom. The second-order valence-electron chi connectivity index (χ2n) is 4.54. The second-order valence-corrected chi connectivity index (χ2v) is 5.65. The average Bonchev–Trinajstić information content (AvgIpc) is 2.92. The predicted molar refractivity (Wildman–Crippen MR) is 54.3 cm³/mol. The van der Waals surface area contributed by atoms with Gasteiger partial charge in [0.25, 0.3) is 5.92 Å². The van der Waals surface area contributed by atoms with Crippen molar-refractivity contribution in [3.8, 4) is 0 Å². The van der Waals surface area contributed by atoms with Crippen molar-refractivity contribution in [1.82, 2.24) is 0 Å². The van der Waals surface area contributed by atoms with Crippen LogP contribution in [0.3, 0.4) is 0 Å². The van der Waals surface area contributed by atoms with Gasteiger partial charge in [0.2, 0.25) is 0 Å². The fraction of sp³-hybridized carbons (Fsp3) is 0.900. The third kappa shape index (κ3) is 1.86. The van der Waals surface area contributed by atoms with Crippen molar-refractivity contribution >= 4 is 17.7 Å². The van der Waals surface area contributed by atoms with Gasteiger partial charge in [0.1, 0.15) is 5.41 Å². The molecule has 0 bridgehead atoms. The molecule has 0 aromatic carbocycles. The first-order chi connectivity index (χ1) is 6.98. The molecule has 1 saturated heterocycles. The first-order valence-electron chi connectivity index (χ1n) is 5.17. The summed E-state index contributed by atoms with van der Waals surface area (Å²) in [5.41, 5.74) is -1.79. The van der Waals surface area contributed by atoms with E-state index in [0.717, 1.165) is 12.8 Å². The number of hydrogen-bond donors (Lipinski definition) is 1. The van der Waals surface area contributed by atoms with E-state index in [1.165, 1.54) is 11.8 Å². The van der Waals surface area contributed by atoms with E-state index in [0.29, 0.717) is 5.75 Å². The summed E-state index contributed by atoms with van der Waals surface area (Å²) in [5.74, 6) is -3.71. The van der Waals surface area contributed by atoms with Crippen LogP contribution in [0.4, 0.5) is 8.78 Å². The van der Waals surface area contributed by atoms with Gasteiger partial charge >= 0.3 is 5.97 Å². The maximum Gasteiger partial charge on any atom is 0.316 e. The molecule has 1 atom stereocenters. The summed E-state index contributed by atoms with van der Waals surface area (Å²) >= 11 is 1.34. The lowest BCUT2D eigenvalue weighted by Crippen LogP contribution is -2.52. The third-order valence-corrected chi connectivity index (χ3v) is 4.54.